The SMILES string of the molecule is CCCOc1ccc(C2c3c(-c4ccccc4O)n[nH]c3C(=O)N2CCCOC(C)C)cc1. The number of carbonyl (C=O) groups excluding carboxylic acids is 1. The monoisotopic (exact) mass is 449 g/mol. The summed E-state index contributed by atoms with van der Waals surface area (Å²) in [5.74, 6) is 0.834. The Morgan fingerprint density at radius 1 is 1.12 bits per heavy atom. The molecule has 1 amide bonds. The van der Waals surface area contributed by atoms with Gasteiger partial charge in [0.25, 0.3) is 5.91 Å². The van der Waals surface area contributed by atoms with Crippen LogP contribution in [0.1, 0.15) is 61.3 Å². The second-order valence-corrected chi connectivity index (χ2v) is 8.47. The van der Waals surface area contributed by atoms with Crippen molar-refractivity contribution in [2.24, 2.45) is 0 Å². The maximum atomic E-state index is 13.4. The first kappa shape index (κ1) is 22.9. The quantitative estimate of drug-likeness (QED) is 0.429. The van der Waals surface area contributed by atoms with Crippen molar-refractivity contribution in [3.63, 3.8) is 0 Å². The fraction of sp³-hybridized carbons (Fsp3) is 0.385. The third-order valence-corrected chi connectivity index (χ3v) is 5.69. The Bertz CT molecular complexity index is 1090. The van der Waals surface area contributed by atoms with Crippen LogP contribution in [0.5, 0.6) is 11.5 Å². The average Bonchev–Trinajstić information content (AvgIpc) is 3.35. The normalized spacial score (nSPS) is 15.3. The van der Waals surface area contributed by atoms with Crippen LogP contribution in [-0.2, 0) is 4.74 Å². The van der Waals surface area contributed by atoms with E-state index >= 15 is 0 Å². The van der Waals surface area contributed by atoms with Crippen molar-refractivity contribution in [3.8, 4) is 22.8 Å². The van der Waals surface area contributed by atoms with Crippen molar-refractivity contribution >= 4 is 5.91 Å². The summed E-state index contributed by atoms with van der Waals surface area (Å²) in [5.41, 5.74) is 3.41. The van der Waals surface area contributed by atoms with Gasteiger partial charge in [-0.25, -0.2) is 0 Å². The predicted octanol–water partition coefficient (Wildman–Crippen LogP) is 4.93. The van der Waals surface area contributed by atoms with E-state index in [0.717, 1.165) is 29.7 Å². The lowest BCUT2D eigenvalue weighted by atomic mass is 9.95. The zero-order valence-corrected chi connectivity index (χ0v) is 19.4. The molecule has 0 radical (unpaired) electrons. The number of benzene rings is 2. The number of aromatic hydroxyl groups is 1. The number of H-pyrrole nitrogens is 1. The first-order chi connectivity index (χ1) is 16.0. The van der Waals surface area contributed by atoms with Gasteiger partial charge in [0.05, 0.1) is 18.8 Å². The molecular formula is C26H31N3O4. The van der Waals surface area contributed by atoms with Crippen LogP contribution in [0.25, 0.3) is 11.3 Å². The molecule has 3 aromatic rings. The number of ether oxygens (including phenoxy) is 2. The second kappa shape index (κ2) is 10.1. The molecule has 2 aromatic carbocycles. The van der Waals surface area contributed by atoms with Crippen LogP contribution >= 0.6 is 0 Å². The van der Waals surface area contributed by atoms with Crippen molar-refractivity contribution < 1.29 is 19.4 Å². The molecule has 1 atom stereocenters. The molecule has 2 heterocycles. The number of rotatable bonds is 10. The highest BCUT2D eigenvalue weighted by Gasteiger charge is 2.42. The van der Waals surface area contributed by atoms with E-state index in [4.69, 9.17) is 9.47 Å². The van der Waals surface area contributed by atoms with Gasteiger partial charge >= 0.3 is 0 Å². The Labute approximate surface area is 194 Å². The Balaban J connectivity index is 1.71. The molecule has 0 bridgehead atoms. The molecule has 7 nitrogen and oxygen atoms in total. The average molecular weight is 450 g/mol. The molecule has 1 aromatic heterocycles. The molecule has 33 heavy (non-hydrogen) atoms. The van der Waals surface area contributed by atoms with Gasteiger partial charge in [-0.1, -0.05) is 31.2 Å². The number of carbonyl (C=O) groups is 1. The predicted molar refractivity (Wildman–Crippen MR) is 127 cm³/mol. The number of hydrogen-bond acceptors (Lipinski definition) is 5. The molecular weight excluding hydrogens is 418 g/mol. The van der Waals surface area contributed by atoms with E-state index in [1.54, 1.807) is 12.1 Å². The summed E-state index contributed by atoms with van der Waals surface area (Å²) in [4.78, 5) is 15.2. The van der Waals surface area contributed by atoms with Crippen LogP contribution in [0.4, 0.5) is 0 Å². The number of para-hydroxylation sites is 1. The van der Waals surface area contributed by atoms with Crippen LogP contribution < -0.4 is 4.74 Å². The van der Waals surface area contributed by atoms with Crippen LogP contribution in [0, 0.1) is 0 Å². The number of hydrogen-bond donors (Lipinski definition) is 2. The summed E-state index contributed by atoms with van der Waals surface area (Å²) < 4.78 is 11.4. The number of aromatic nitrogens is 2. The van der Waals surface area contributed by atoms with E-state index in [9.17, 15) is 9.90 Å². The minimum Gasteiger partial charge on any atom is -0.507 e. The molecule has 1 aliphatic heterocycles. The third kappa shape index (κ3) is 4.73. The molecule has 1 unspecified atom stereocenters. The summed E-state index contributed by atoms with van der Waals surface area (Å²) >= 11 is 0. The van der Waals surface area contributed by atoms with Gasteiger partial charge in [0.2, 0.25) is 0 Å². The van der Waals surface area contributed by atoms with Crippen molar-refractivity contribution in [2.45, 2.75) is 45.8 Å². The summed E-state index contributed by atoms with van der Waals surface area (Å²) in [6.45, 7) is 7.86. The third-order valence-electron chi connectivity index (χ3n) is 5.69. The molecule has 0 aliphatic carbocycles. The second-order valence-electron chi connectivity index (χ2n) is 8.47. The van der Waals surface area contributed by atoms with Gasteiger partial charge in [-0.05, 0) is 56.5 Å². The van der Waals surface area contributed by atoms with Crippen LogP contribution in [-0.4, -0.2) is 52.0 Å². The summed E-state index contributed by atoms with van der Waals surface area (Å²) in [5, 5.41) is 17.8. The highest BCUT2D eigenvalue weighted by Crippen LogP contribution is 2.44. The van der Waals surface area contributed by atoms with Gasteiger partial charge in [0.1, 0.15) is 22.9 Å². The lowest BCUT2D eigenvalue weighted by molar-refractivity contribution is 0.0601. The van der Waals surface area contributed by atoms with E-state index in [0.29, 0.717) is 36.7 Å². The highest BCUT2D eigenvalue weighted by atomic mass is 16.5. The molecule has 0 fully saturated rings. The van der Waals surface area contributed by atoms with Crippen molar-refractivity contribution in [3.05, 3.63) is 65.4 Å². The lowest BCUT2D eigenvalue weighted by Gasteiger charge is -2.26. The zero-order valence-electron chi connectivity index (χ0n) is 19.4. The van der Waals surface area contributed by atoms with Gasteiger partial charge in [0, 0.05) is 24.3 Å². The smallest absolute Gasteiger partial charge is 0.273 e. The number of aromatic amines is 1. The number of amides is 1. The molecule has 174 valence electrons. The fourth-order valence-corrected chi connectivity index (χ4v) is 4.17. The van der Waals surface area contributed by atoms with Crippen LogP contribution in [0.15, 0.2) is 48.5 Å². The molecule has 0 saturated heterocycles. The minimum absolute atomic E-state index is 0.0972. The minimum atomic E-state index is -0.319. The van der Waals surface area contributed by atoms with Gasteiger partial charge in [-0.3, -0.25) is 9.89 Å². The lowest BCUT2D eigenvalue weighted by Crippen LogP contribution is -2.31. The number of nitrogens with one attached hydrogen (secondary N) is 1. The first-order valence-corrected chi connectivity index (χ1v) is 11.5. The van der Waals surface area contributed by atoms with Gasteiger partial charge < -0.3 is 19.5 Å². The number of phenols is 1. The van der Waals surface area contributed by atoms with E-state index < -0.39 is 0 Å². The molecule has 4 rings (SSSR count). The number of phenolic OH excluding ortho intramolecular Hbond substituents is 1. The Morgan fingerprint density at radius 2 is 1.88 bits per heavy atom. The summed E-state index contributed by atoms with van der Waals surface area (Å²) in [7, 11) is 0. The van der Waals surface area contributed by atoms with Crippen LogP contribution in [0.2, 0.25) is 0 Å². The first-order valence-electron chi connectivity index (χ1n) is 11.5. The molecule has 2 N–H and O–H groups in total. The van der Waals surface area contributed by atoms with Gasteiger partial charge in [-0.2, -0.15) is 5.10 Å². The van der Waals surface area contributed by atoms with Crippen LogP contribution in [0.3, 0.4) is 0 Å². The van der Waals surface area contributed by atoms with Gasteiger partial charge in [-0.15, -0.1) is 0 Å². The fourth-order valence-electron chi connectivity index (χ4n) is 4.17. The van der Waals surface area contributed by atoms with E-state index in [1.165, 1.54) is 0 Å². The van der Waals surface area contributed by atoms with Crippen molar-refractivity contribution in [1.82, 2.24) is 15.1 Å². The Morgan fingerprint density at radius 3 is 2.58 bits per heavy atom. The van der Waals surface area contributed by atoms with E-state index in [1.807, 2.05) is 55.1 Å². The van der Waals surface area contributed by atoms with E-state index in [-0.39, 0.29) is 23.8 Å². The van der Waals surface area contributed by atoms with E-state index in [2.05, 4.69) is 17.1 Å². The standard InChI is InChI=1S/C26H31N3O4/c1-4-15-33-19-12-10-18(11-13-19)25-22-23(20-8-5-6-9-21(20)30)27-28-24(22)26(31)29(25)14-7-16-32-17(2)3/h5-6,8-13,17,25,30H,4,7,14-16H2,1-3H3,(H,27,28). The number of fused-ring (bicyclic) bond motifs is 1. The molecule has 7 heteroatoms. The summed E-state index contributed by atoms with van der Waals surface area (Å²) in [6, 6.07) is 14.6. The maximum Gasteiger partial charge on any atom is 0.273 e. The largest absolute Gasteiger partial charge is 0.507 e. The number of nitrogens with zero attached hydrogens (tertiary/aromatic N) is 2. The zero-order chi connectivity index (χ0) is 23.4. The van der Waals surface area contributed by atoms with Crippen molar-refractivity contribution in [2.75, 3.05) is 19.8 Å². The molecule has 1 aliphatic rings. The summed E-state index contributed by atoms with van der Waals surface area (Å²) in [6.07, 6.45) is 1.81. The molecule has 0 spiro atoms. The van der Waals surface area contributed by atoms with Gasteiger partial charge in [0.15, 0.2) is 0 Å². The highest BCUT2D eigenvalue weighted by molar-refractivity contribution is 6.00. The maximum absolute atomic E-state index is 13.4. The Kier molecular flexibility index (Phi) is 6.99. The topological polar surface area (TPSA) is 87.7 Å². The van der Waals surface area contributed by atoms with Crippen molar-refractivity contribution in [1.29, 1.82) is 0 Å². The molecule has 0 saturated carbocycles. The Hall–Kier alpha value is -3.32.